The Morgan fingerprint density at radius 2 is 1.80 bits per heavy atom. The molecular weight excluding hydrogens is 341 g/mol. The van der Waals surface area contributed by atoms with Crippen LogP contribution in [0.2, 0.25) is 0 Å². The van der Waals surface area contributed by atoms with Crippen molar-refractivity contribution >= 4 is 27.9 Å². The highest BCUT2D eigenvalue weighted by Gasteiger charge is 2.17. The molecule has 4 rings (SSSR count). The van der Waals surface area contributed by atoms with Crippen LogP contribution in [0.3, 0.4) is 0 Å². The van der Waals surface area contributed by atoms with Gasteiger partial charge >= 0.3 is 0 Å². The van der Waals surface area contributed by atoms with Crippen molar-refractivity contribution in [2.45, 2.75) is 19.9 Å². The van der Waals surface area contributed by atoms with Crippen LogP contribution in [0.15, 0.2) is 52.9 Å². The molecule has 0 amide bonds. The van der Waals surface area contributed by atoms with Gasteiger partial charge in [0, 0.05) is 17.4 Å². The van der Waals surface area contributed by atoms with Crippen LogP contribution >= 0.6 is 0 Å². The highest BCUT2D eigenvalue weighted by molar-refractivity contribution is 6.04. The molecule has 128 valence electrons. The minimum absolute atomic E-state index is 0. The summed E-state index contributed by atoms with van der Waals surface area (Å²) in [4.78, 5) is 9.25. The maximum Gasteiger partial charge on any atom is 0.272 e. The van der Waals surface area contributed by atoms with E-state index in [2.05, 4.69) is 9.97 Å². The van der Waals surface area contributed by atoms with Crippen LogP contribution in [0.4, 0.5) is 10.2 Å². The van der Waals surface area contributed by atoms with Crippen LogP contribution in [0, 0.1) is 5.82 Å². The first-order chi connectivity index (χ1) is 11.7. The lowest BCUT2D eigenvalue weighted by Crippen LogP contribution is -3.00. The number of aromatic nitrogens is 2. The predicted octanol–water partition coefficient (Wildman–Crippen LogP) is 0.477. The minimum Gasteiger partial charge on any atom is -1.00 e. The normalized spacial score (nSPS) is 11.0. The molecule has 25 heavy (non-hydrogen) atoms. The van der Waals surface area contributed by atoms with Gasteiger partial charge in [0.15, 0.2) is 0 Å². The largest absolute Gasteiger partial charge is 1.00 e. The Labute approximate surface area is 150 Å². The van der Waals surface area contributed by atoms with Gasteiger partial charge in [0.25, 0.3) is 5.82 Å². The fraction of sp³-hybridized carbons (Fsp3) is 0.158. The SMILES string of the molecule is CCc1nc([NH2+]Cc2ccc(F)cc2)c2oc3ccccc3c2n1.[Cl-]. The number of aryl methyl sites for hydroxylation is 1. The Hall–Kier alpha value is -2.50. The van der Waals surface area contributed by atoms with Crippen molar-refractivity contribution in [1.29, 1.82) is 0 Å². The number of nitrogens with zero attached hydrogens (tertiary/aromatic N) is 2. The van der Waals surface area contributed by atoms with E-state index < -0.39 is 0 Å². The molecule has 0 unspecified atom stereocenters. The van der Waals surface area contributed by atoms with Gasteiger partial charge in [-0.25, -0.2) is 9.37 Å². The lowest BCUT2D eigenvalue weighted by Gasteiger charge is -2.03. The Bertz CT molecular complexity index is 1010. The van der Waals surface area contributed by atoms with Crippen molar-refractivity contribution in [1.82, 2.24) is 9.97 Å². The Kier molecular flexibility index (Phi) is 4.97. The molecule has 6 heteroatoms. The predicted molar refractivity (Wildman–Crippen MR) is 90.4 cm³/mol. The van der Waals surface area contributed by atoms with Crippen LogP contribution in [0.5, 0.6) is 0 Å². The molecule has 4 aromatic rings. The summed E-state index contributed by atoms with van der Waals surface area (Å²) in [5.74, 6) is 1.35. The van der Waals surface area contributed by atoms with Crippen molar-refractivity contribution in [2.75, 3.05) is 0 Å². The minimum atomic E-state index is -0.228. The number of hydrogen-bond donors (Lipinski definition) is 1. The van der Waals surface area contributed by atoms with Crippen LogP contribution in [-0.4, -0.2) is 9.97 Å². The molecule has 2 heterocycles. The fourth-order valence-corrected chi connectivity index (χ4v) is 2.79. The van der Waals surface area contributed by atoms with Gasteiger partial charge in [-0.1, -0.05) is 31.2 Å². The first-order valence-corrected chi connectivity index (χ1v) is 8.00. The molecule has 4 nitrogen and oxygen atoms in total. The van der Waals surface area contributed by atoms with Crippen molar-refractivity contribution in [3.05, 3.63) is 65.7 Å². The average Bonchev–Trinajstić information content (AvgIpc) is 2.99. The second-order valence-electron chi connectivity index (χ2n) is 5.69. The summed E-state index contributed by atoms with van der Waals surface area (Å²) in [5.41, 5.74) is 3.39. The van der Waals surface area contributed by atoms with Crippen LogP contribution in [0.25, 0.3) is 22.1 Å². The third-order valence-electron chi connectivity index (χ3n) is 4.05. The summed E-state index contributed by atoms with van der Waals surface area (Å²) < 4.78 is 19.0. The van der Waals surface area contributed by atoms with E-state index in [0.29, 0.717) is 12.1 Å². The number of rotatable bonds is 4. The van der Waals surface area contributed by atoms with E-state index in [9.17, 15) is 4.39 Å². The summed E-state index contributed by atoms with van der Waals surface area (Å²) >= 11 is 0. The number of benzene rings is 2. The molecule has 0 atom stereocenters. The maximum atomic E-state index is 13.0. The van der Waals surface area contributed by atoms with Crippen molar-refractivity contribution < 1.29 is 26.5 Å². The van der Waals surface area contributed by atoms with Gasteiger partial charge in [0.2, 0.25) is 5.58 Å². The van der Waals surface area contributed by atoms with E-state index in [0.717, 1.165) is 40.1 Å². The third kappa shape index (κ3) is 3.34. The van der Waals surface area contributed by atoms with Crippen molar-refractivity contribution in [2.24, 2.45) is 0 Å². The van der Waals surface area contributed by atoms with Crippen molar-refractivity contribution in [3.8, 4) is 0 Å². The average molecular weight is 358 g/mol. The van der Waals surface area contributed by atoms with Crippen LogP contribution in [-0.2, 0) is 13.0 Å². The lowest BCUT2D eigenvalue weighted by molar-refractivity contribution is -0.591. The lowest BCUT2D eigenvalue weighted by atomic mass is 10.2. The topological polar surface area (TPSA) is 55.5 Å². The maximum absolute atomic E-state index is 13.0. The van der Waals surface area contributed by atoms with Gasteiger partial charge in [-0.15, -0.1) is 0 Å². The molecule has 0 aliphatic rings. The molecule has 0 fully saturated rings. The van der Waals surface area contributed by atoms with E-state index in [1.165, 1.54) is 12.1 Å². The quantitative estimate of drug-likeness (QED) is 0.578. The number of halogens is 2. The van der Waals surface area contributed by atoms with Crippen molar-refractivity contribution in [3.63, 3.8) is 0 Å². The standard InChI is InChI=1S/C19H16FN3O.ClH/c1-2-16-22-17-14-5-3-4-6-15(14)24-18(17)19(23-16)21-11-12-7-9-13(20)10-8-12;/h3-10H,2,11H2,1H3,(H,21,22,23);1H. The van der Waals surface area contributed by atoms with Crippen LogP contribution in [0.1, 0.15) is 18.3 Å². The summed E-state index contributed by atoms with van der Waals surface area (Å²) in [7, 11) is 0. The zero-order valence-electron chi connectivity index (χ0n) is 13.7. The number of quaternary nitrogens is 1. The van der Waals surface area contributed by atoms with Gasteiger partial charge < -0.3 is 16.8 Å². The Morgan fingerprint density at radius 3 is 2.56 bits per heavy atom. The molecule has 2 aromatic heterocycles. The molecule has 2 N–H and O–H groups in total. The summed E-state index contributed by atoms with van der Waals surface area (Å²) in [6.45, 7) is 2.69. The van der Waals surface area contributed by atoms with E-state index in [4.69, 9.17) is 4.42 Å². The number of nitrogens with two attached hydrogens (primary N) is 1. The number of furan rings is 1. The van der Waals surface area contributed by atoms with Gasteiger partial charge in [0.1, 0.15) is 29.3 Å². The zero-order chi connectivity index (χ0) is 16.5. The smallest absolute Gasteiger partial charge is 0.272 e. The van der Waals surface area contributed by atoms with E-state index in [1.807, 2.05) is 36.5 Å². The fourth-order valence-electron chi connectivity index (χ4n) is 2.79. The molecule has 0 aliphatic carbocycles. The number of fused-ring (bicyclic) bond motifs is 3. The first kappa shape index (κ1) is 17.3. The molecule has 2 aromatic carbocycles. The van der Waals surface area contributed by atoms with Gasteiger partial charge in [0.05, 0.1) is 0 Å². The van der Waals surface area contributed by atoms with Gasteiger partial charge in [-0.3, -0.25) is 5.32 Å². The Balaban J connectivity index is 0.00000182. The molecule has 0 bridgehead atoms. The number of para-hydroxylation sites is 1. The van der Waals surface area contributed by atoms with Gasteiger partial charge in [-0.2, -0.15) is 4.98 Å². The molecule has 0 spiro atoms. The first-order valence-electron chi connectivity index (χ1n) is 8.00. The van der Waals surface area contributed by atoms with Gasteiger partial charge in [-0.05, 0) is 24.3 Å². The van der Waals surface area contributed by atoms with E-state index >= 15 is 0 Å². The second-order valence-corrected chi connectivity index (χ2v) is 5.69. The molecule has 0 radical (unpaired) electrons. The molecular formula is C19H17ClFN3O. The summed E-state index contributed by atoms with van der Waals surface area (Å²) in [5, 5.41) is 3.01. The molecule has 0 saturated carbocycles. The monoisotopic (exact) mass is 357 g/mol. The Morgan fingerprint density at radius 1 is 1.04 bits per heavy atom. The van der Waals surface area contributed by atoms with E-state index in [1.54, 1.807) is 12.1 Å². The summed E-state index contributed by atoms with van der Waals surface area (Å²) in [6, 6.07) is 14.4. The zero-order valence-corrected chi connectivity index (χ0v) is 14.4. The third-order valence-corrected chi connectivity index (χ3v) is 4.05. The number of hydrogen-bond acceptors (Lipinski definition) is 3. The molecule has 0 saturated heterocycles. The van der Waals surface area contributed by atoms with Crippen LogP contribution < -0.4 is 17.7 Å². The second kappa shape index (κ2) is 7.17. The highest BCUT2D eigenvalue weighted by Crippen LogP contribution is 2.29. The summed E-state index contributed by atoms with van der Waals surface area (Å²) in [6.07, 6.45) is 0.757. The van der Waals surface area contributed by atoms with E-state index in [-0.39, 0.29) is 18.2 Å². The highest BCUT2D eigenvalue weighted by atomic mass is 35.5. The molecule has 0 aliphatic heterocycles.